The van der Waals surface area contributed by atoms with E-state index in [-0.39, 0.29) is 31.1 Å². The fraction of sp³-hybridized carbons (Fsp3) is 0.727. The second-order valence-corrected chi connectivity index (χ2v) is 23.4. The van der Waals surface area contributed by atoms with E-state index < -0.39 is 6.10 Å². The topological polar surface area (TPSA) is 78.9 Å². The summed E-state index contributed by atoms with van der Waals surface area (Å²) in [6.45, 7) is 6.40. The summed E-state index contributed by atoms with van der Waals surface area (Å²) in [6.07, 6.45) is 97.0. The summed E-state index contributed by atoms with van der Waals surface area (Å²) in [6, 6.07) is 0. The average Bonchev–Trinajstić information content (AvgIpc) is 3.49. The molecule has 0 aliphatic rings. The number of carbonyl (C=O) groups is 3. The molecule has 476 valence electrons. The summed E-state index contributed by atoms with van der Waals surface area (Å²) in [5, 5.41) is 0. The molecule has 0 N–H and O–H groups in total. The van der Waals surface area contributed by atoms with Crippen molar-refractivity contribution in [3.05, 3.63) is 109 Å². The van der Waals surface area contributed by atoms with Crippen molar-refractivity contribution in [2.75, 3.05) is 13.2 Å². The maximum absolute atomic E-state index is 12.9. The van der Waals surface area contributed by atoms with Gasteiger partial charge in [0.05, 0.1) is 0 Å². The van der Waals surface area contributed by atoms with Gasteiger partial charge in [-0.25, -0.2) is 0 Å². The van der Waals surface area contributed by atoms with Crippen molar-refractivity contribution in [1.82, 2.24) is 0 Å². The van der Waals surface area contributed by atoms with Crippen LogP contribution in [0.5, 0.6) is 0 Å². The summed E-state index contributed by atoms with van der Waals surface area (Å²) in [5.74, 6) is -0.916. The van der Waals surface area contributed by atoms with Gasteiger partial charge >= 0.3 is 17.9 Å². The first-order chi connectivity index (χ1) is 41.0. The standard InChI is InChI=1S/C77H132O6/c1-4-7-10-13-16-19-22-25-27-29-31-33-34-35-36-37-38-39-40-41-42-44-45-47-49-52-55-58-61-64-67-70-76(79)82-73-74(72-81-75(78)69-66-63-60-57-54-51-24-21-18-15-12-9-6-3)83-77(80)71-68-65-62-59-56-53-50-48-46-43-32-30-28-26-23-20-17-14-11-8-5-2/h8-9,11-12,17-18,20-22,25-26,28-29,31-32,43,51,54,74H,4-7,10,13-16,19,23-24,27,30,33-42,44-50,52-53,55-73H2,1-3H3/b11-8-,12-9-,20-17-,21-18-,25-22-,28-26-,31-29-,43-32-,54-51-. The highest BCUT2D eigenvalue weighted by atomic mass is 16.6. The zero-order valence-electron chi connectivity index (χ0n) is 54.7. The Hall–Kier alpha value is -3.93. The van der Waals surface area contributed by atoms with Crippen molar-refractivity contribution in [2.24, 2.45) is 0 Å². The number of unbranched alkanes of at least 4 members (excludes halogenated alkanes) is 35. The molecule has 0 radical (unpaired) electrons. The first-order valence-electron chi connectivity index (χ1n) is 35.4. The summed E-state index contributed by atoms with van der Waals surface area (Å²) >= 11 is 0. The Bertz CT molecular complexity index is 1660. The lowest BCUT2D eigenvalue weighted by Gasteiger charge is -2.18. The zero-order valence-corrected chi connectivity index (χ0v) is 54.7. The van der Waals surface area contributed by atoms with E-state index in [2.05, 4.69) is 130 Å². The summed E-state index contributed by atoms with van der Waals surface area (Å²) in [4.78, 5) is 38.4. The van der Waals surface area contributed by atoms with Gasteiger partial charge in [0.25, 0.3) is 0 Å². The molecule has 0 bridgehead atoms. The molecule has 0 rings (SSSR count). The minimum atomic E-state index is -0.797. The molecule has 0 aromatic heterocycles. The van der Waals surface area contributed by atoms with Crippen LogP contribution in [-0.4, -0.2) is 37.2 Å². The van der Waals surface area contributed by atoms with Gasteiger partial charge < -0.3 is 14.2 Å². The van der Waals surface area contributed by atoms with Crippen LogP contribution < -0.4 is 0 Å². The Morgan fingerprint density at radius 3 is 0.747 bits per heavy atom. The number of hydrogen-bond acceptors (Lipinski definition) is 6. The molecule has 6 heteroatoms. The fourth-order valence-electron chi connectivity index (χ4n) is 10.0. The SMILES string of the molecule is CC/C=C\C/C=C\C/C=C\C/C=C\CCCCCCCCCCC(=O)OC(COC(=O)CCCCC/C=C\C/C=C\C/C=C\CC)COC(=O)CCCCCCCCCCCCCCCCCCCCC/C=C\C/C=C\CCCCCCC. The molecule has 0 saturated carbocycles. The molecular weight excluding hydrogens is 1020 g/mol. The van der Waals surface area contributed by atoms with Crippen LogP contribution in [-0.2, 0) is 28.6 Å². The van der Waals surface area contributed by atoms with Gasteiger partial charge in [-0.15, -0.1) is 0 Å². The van der Waals surface area contributed by atoms with E-state index in [1.165, 1.54) is 180 Å². The Kier molecular flexibility index (Phi) is 67.2. The molecule has 0 fully saturated rings. The lowest BCUT2D eigenvalue weighted by atomic mass is 10.0. The highest BCUT2D eigenvalue weighted by Crippen LogP contribution is 2.17. The Balaban J connectivity index is 4.23. The first-order valence-corrected chi connectivity index (χ1v) is 35.4. The number of carbonyl (C=O) groups excluding carboxylic acids is 3. The van der Waals surface area contributed by atoms with Crippen LogP contribution in [0.1, 0.15) is 342 Å². The van der Waals surface area contributed by atoms with E-state index in [1.807, 2.05) is 0 Å². The molecule has 83 heavy (non-hydrogen) atoms. The van der Waals surface area contributed by atoms with Crippen molar-refractivity contribution in [2.45, 2.75) is 348 Å². The molecule has 0 aromatic carbocycles. The molecule has 0 aliphatic heterocycles. The molecule has 0 heterocycles. The van der Waals surface area contributed by atoms with Crippen molar-refractivity contribution in [1.29, 1.82) is 0 Å². The molecule has 0 saturated heterocycles. The van der Waals surface area contributed by atoms with Crippen LogP contribution in [0, 0.1) is 0 Å². The highest BCUT2D eigenvalue weighted by Gasteiger charge is 2.19. The third-order valence-electron chi connectivity index (χ3n) is 15.2. The van der Waals surface area contributed by atoms with Crippen molar-refractivity contribution in [3.8, 4) is 0 Å². The average molecular weight is 1150 g/mol. The molecular formula is C77H132O6. The van der Waals surface area contributed by atoms with E-state index in [1.54, 1.807) is 0 Å². The van der Waals surface area contributed by atoms with Crippen LogP contribution in [0.2, 0.25) is 0 Å². The Morgan fingerprint density at radius 1 is 0.253 bits per heavy atom. The van der Waals surface area contributed by atoms with Gasteiger partial charge in [0.2, 0.25) is 0 Å². The lowest BCUT2D eigenvalue weighted by Crippen LogP contribution is -2.30. The van der Waals surface area contributed by atoms with Gasteiger partial charge in [-0.3, -0.25) is 14.4 Å². The Labute approximate surface area is 514 Å². The quantitative estimate of drug-likeness (QED) is 0.0261. The molecule has 0 aliphatic carbocycles. The largest absolute Gasteiger partial charge is 0.462 e. The molecule has 1 atom stereocenters. The van der Waals surface area contributed by atoms with Gasteiger partial charge in [-0.1, -0.05) is 310 Å². The molecule has 6 nitrogen and oxygen atoms in total. The van der Waals surface area contributed by atoms with Crippen molar-refractivity contribution >= 4 is 17.9 Å². The number of allylic oxidation sites excluding steroid dienone is 18. The molecule has 0 spiro atoms. The van der Waals surface area contributed by atoms with Gasteiger partial charge in [0, 0.05) is 19.3 Å². The van der Waals surface area contributed by atoms with Gasteiger partial charge in [-0.2, -0.15) is 0 Å². The monoisotopic (exact) mass is 1150 g/mol. The summed E-state index contributed by atoms with van der Waals surface area (Å²) < 4.78 is 16.9. The van der Waals surface area contributed by atoms with Gasteiger partial charge in [0.15, 0.2) is 6.10 Å². The van der Waals surface area contributed by atoms with Crippen molar-refractivity contribution < 1.29 is 28.6 Å². The maximum atomic E-state index is 12.9. The first kappa shape index (κ1) is 79.1. The van der Waals surface area contributed by atoms with Crippen LogP contribution in [0.4, 0.5) is 0 Å². The van der Waals surface area contributed by atoms with E-state index in [4.69, 9.17) is 14.2 Å². The van der Waals surface area contributed by atoms with Crippen molar-refractivity contribution in [3.63, 3.8) is 0 Å². The second-order valence-electron chi connectivity index (χ2n) is 23.4. The number of rotatable bonds is 64. The van der Waals surface area contributed by atoms with E-state index in [0.29, 0.717) is 19.3 Å². The minimum Gasteiger partial charge on any atom is -0.462 e. The molecule has 1 unspecified atom stereocenters. The number of hydrogen-bond donors (Lipinski definition) is 0. The van der Waals surface area contributed by atoms with Crippen LogP contribution >= 0.6 is 0 Å². The van der Waals surface area contributed by atoms with Gasteiger partial charge in [-0.05, 0) is 122 Å². The zero-order chi connectivity index (χ0) is 59.9. The minimum absolute atomic E-state index is 0.0894. The number of ether oxygens (including phenoxy) is 3. The third-order valence-corrected chi connectivity index (χ3v) is 15.2. The van der Waals surface area contributed by atoms with Crippen LogP contribution in [0.15, 0.2) is 109 Å². The molecule has 0 amide bonds. The van der Waals surface area contributed by atoms with Crippen LogP contribution in [0.25, 0.3) is 0 Å². The summed E-state index contributed by atoms with van der Waals surface area (Å²) in [5.41, 5.74) is 0. The highest BCUT2D eigenvalue weighted by molar-refractivity contribution is 5.71. The predicted octanol–water partition coefficient (Wildman–Crippen LogP) is 24.6. The maximum Gasteiger partial charge on any atom is 0.306 e. The smallest absolute Gasteiger partial charge is 0.306 e. The van der Waals surface area contributed by atoms with Crippen LogP contribution in [0.3, 0.4) is 0 Å². The second kappa shape index (κ2) is 70.6. The Morgan fingerprint density at radius 2 is 0.470 bits per heavy atom. The van der Waals surface area contributed by atoms with E-state index in [0.717, 1.165) is 122 Å². The third kappa shape index (κ3) is 68.7. The fourth-order valence-corrected chi connectivity index (χ4v) is 10.0. The number of esters is 3. The normalized spacial score (nSPS) is 12.8. The summed E-state index contributed by atoms with van der Waals surface area (Å²) in [7, 11) is 0. The van der Waals surface area contributed by atoms with E-state index in [9.17, 15) is 14.4 Å². The van der Waals surface area contributed by atoms with E-state index >= 15 is 0 Å². The lowest BCUT2D eigenvalue weighted by molar-refractivity contribution is -0.167. The van der Waals surface area contributed by atoms with Gasteiger partial charge in [0.1, 0.15) is 13.2 Å². The predicted molar refractivity (Wildman–Crippen MR) is 362 cm³/mol. The molecule has 0 aromatic rings.